The van der Waals surface area contributed by atoms with Gasteiger partial charge in [-0.05, 0) is 60.6 Å². The number of rotatable bonds is 1. The number of pyridine rings is 1. The van der Waals surface area contributed by atoms with Gasteiger partial charge in [-0.1, -0.05) is 31.5 Å². The molecule has 0 amide bonds. The van der Waals surface area contributed by atoms with E-state index in [2.05, 4.69) is 23.7 Å². The summed E-state index contributed by atoms with van der Waals surface area (Å²) in [6.07, 6.45) is 7.55. The molecule has 0 saturated heterocycles. The number of aromatic nitrogens is 1. The van der Waals surface area contributed by atoms with E-state index in [9.17, 15) is 4.79 Å². The molecule has 1 aromatic heterocycles. The minimum absolute atomic E-state index is 0.0351. The Bertz CT molecular complexity index is 1060. The fraction of sp³-hybridized carbons (Fsp3) is 0.217. The number of anilines is 1. The third kappa shape index (κ3) is 2.74. The molecule has 4 heteroatoms. The van der Waals surface area contributed by atoms with Gasteiger partial charge in [0.25, 0.3) is 0 Å². The maximum absolute atomic E-state index is 12.8. The molecule has 2 aliphatic rings. The van der Waals surface area contributed by atoms with E-state index in [1.807, 2.05) is 62.5 Å². The average Bonchev–Trinajstić information content (AvgIpc) is 2.83. The van der Waals surface area contributed by atoms with Gasteiger partial charge in [-0.15, -0.1) is 0 Å². The van der Waals surface area contributed by atoms with Gasteiger partial charge in [-0.3, -0.25) is 9.78 Å². The second-order valence-corrected chi connectivity index (χ2v) is 8.01. The zero-order valence-corrected chi connectivity index (χ0v) is 16.6. The van der Waals surface area contributed by atoms with Crippen LogP contribution in [0.5, 0.6) is 0 Å². The van der Waals surface area contributed by atoms with E-state index in [1.165, 1.54) is 5.56 Å². The van der Waals surface area contributed by atoms with Gasteiger partial charge in [0.05, 0.1) is 0 Å². The molecule has 2 heterocycles. The number of hydrogen-bond acceptors (Lipinski definition) is 3. The van der Waals surface area contributed by atoms with Crippen LogP contribution in [-0.4, -0.2) is 17.8 Å². The van der Waals surface area contributed by atoms with Gasteiger partial charge in [0.15, 0.2) is 0 Å². The van der Waals surface area contributed by atoms with Crippen LogP contribution in [0.2, 0.25) is 5.02 Å². The van der Waals surface area contributed by atoms with E-state index in [0.29, 0.717) is 11.3 Å². The lowest BCUT2D eigenvalue weighted by atomic mass is 9.83. The molecule has 1 aromatic carbocycles. The summed E-state index contributed by atoms with van der Waals surface area (Å²) in [6.45, 7) is 6.37. The van der Waals surface area contributed by atoms with E-state index < -0.39 is 0 Å². The Morgan fingerprint density at radius 1 is 1.19 bits per heavy atom. The number of Topliss-reactive ketones (excluding diaryl/α,β-unsaturated/α-hetero) is 1. The highest BCUT2D eigenvalue weighted by molar-refractivity contribution is 6.30. The number of likely N-dealkylation sites (N-methyl/N-ethyl adjacent to an activating group) is 1. The van der Waals surface area contributed by atoms with Gasteiger partial charge in [0, 0.05) is 46.2 Å². The van der Waals surface area contributed by atoms with Crippen molar-refractivity contribution in [2.45, 2.75) is 26.2 Å². The van der Waals surface area contributed by atoms with Crippen molar-refractivity contribution in [3.05, 3.63) is 87.9 Å². The molecule has 0 bridgehead atoms. The number of ketones is 1. The van der Waals surface area contributed by atoms with E-state index in [0.717, 1.165) is 27.5 Å². The second kappa shape index (κ2) is 6.21. The Morgan fingerprint density at radius 2 is 1.96 bits per heavy atom. The summed E-state index contributed by atoms with van der Waals surface area (Å²) in [6, 6.07) is 9.78. The van der Waals surface area contributed by atoms with Crippen LogP contribution < -0.4 is 4.90 Å². The lowest BCUT2D eigenvalue weighted by molar-refractivity contribution is 0.103. The van der Waals surface area contributed by atoms with Crippen molar-refractivity contribution in [2.75, 3.05) is 11.9 Å². The molecule has 0 unspecified atom stereocenters. The van der Waals surface area contributed by atoms with Gasteiger partial charge >= 0.3 is 0 Å². The molecular formula is C23H21ClN2O. The molecule has 0 fully saturated rings. The van der Waals surface area contributed by atoms with E-state index in [-0.39, 0.29) is 11.2 Å². The zero-order chi connectivity index (χ0) is 19.3. The fourth-order valence-electron chi connectivity index (χ4n) is 4.02. The Kier molecular flexibility index (Phi) is 4.08. The highest BCUT2D eigenvalue weighted by Gasteiger charge is 2.38. The highest BCUT2D eigenvalue weighted by Crippen LogP contribution is 2.47. The van der Waals surface area contributed by atoms with Crippen molar-refractivity contribution in [1.29, 1.82) is 0 Å². The standard InChI is InChI=1S/C23H21ClN2O/c1-14-12-15(22(27)21-17(14)6-5-11-25-21)7-10-20-23(2,3)18-13-16(24)8-9-19(18)26(20)4/h5-13H,1-4H3. The number of halogens is 1. The molecule has 0 spiro atoms. The van der Waals surface area contributed by atoms with Gasteiger partial charge in [-0.25, -0.2) is 0 Å². The summed E-state index contributed by atoms with van der Waals surface area (Å²) in [5, 5.41) is 0.735. The largest absolute Gasteiger partial charge is 0.347 e. The quantitative estimate of drug-likeness (QED) is 0.610. The molecule has 27 heavy (non-hydrogen) atoms. The first-order chi connectivity index (χ1) is 12.8. The predicted molar refractivity (Wildman–Crippen MR) is 111 cm³/mol. The molecule has 4 rings (SSSR count). The van der Waals surface area contributed by atoms with E-state index >= 15 is 0 Å². The SMILES string of the molecule is CC1=CC(=CC=C2N(C)c3ccc(Cl)cc3C2(C)C)C(=O)c2ncccc21. The van der Waals surface area contributed by atoms with Gasteiger partial charge in [-0.2, -0.15) is 0 Å². The Balaban J connectivity index is 1.77. The zero-order valence-electron chi connectivity index (χ0n) is 15.9. The number of nitrogens with zero attached hydrogens (tertiary/aromatic N) is 2. The maximum Gasteiger partial charge on any atom is 0.211 e. The summed E-state index contributed by atoms with van der Waals surface area (Å²) >= 11 is 6.22. The second-order valence-electron chi connectivity index (χ2n) is 7.58. The molecule has 3 nitrogen and oxygen atoms in total. The van der Waals surface area contributed by atoms with Crippen molar-refractivity contribution in [3.63, 3.8) is 0 Å². The Morgan fingerprint density at radius 3 is 2.74 bits per heavy atom. The van der Waals surface area contributed by atoms with Crippen LogP contribution in [0.1, 0.15) is 42.4 Å². The third-order valence-electron chi connectivity index (χ3n) is 5.50. The average molecular weight is 377 g/mol. The third-order valence-corrected chi connectivity index (χ3v) is 5.73. The lowest BCUT2D eigenvalue weighted by Gasteiger charge is -2.24. The summed E-state index contributed by atoms with van der Waals surface area (Å²) in [5.74, 6) is -0.0351. The van der Waals surface area contributed by atoms with Crippen molar-refractivity contribution < 1.29 is 4.79 Å². The number of hydrogen-bond donors (Lipinski definition) is 0. The molecule has 0 saturated carbocycles. The Labute approximate surface area is 164 Å². The molecule has 0 radical (unpaired) electrons. The minimum atomic E-state index is -0.196. The van der Waals surface area contributed by atoms with Crippen LogP contribution >= 0.6 is 11.6 Å². The summed E-state index contributed by atoms with van der Waals surface area (Å²) in [7, 11) is 2.05. The molecule has 0 N–H and O–H groups in total. The first kappa shape index (κ1) is 17.7. The predicted octanol–water partition coefficient (Wildman–Crippen LogP) is 5.57. The van der Waals surface area contributed by atoms with Crippen molar-refractivity contribution in [2.24, 2.45) is 0 Å². The van der Waals surface area contributed by atoms with Gasteiger partial charge in [0.1, 0.15) is 5.69 Å². The monoisotopic (exact) mass is 376 g/mol. The summed E-state index contributed by atoms with van der Waals surface area (Å²) in [4.78, 5) is 19.3. The number of allylic oxidation sites excluding steroid dienone is 6. The van der Waals surface area contributed by atoms with Crippen LogP contribution in [0, 0.1) is 0 Å². The minimum Gasteiger partial charge on any atom is -0.347 e. The van der Waals surface area contributed by atoms with Crippen LogP contribution in [0.4, 0.5) is 5.69 Å². The summed E-state index contributed by atoms with van der Waals surface area (Å²) in [5.41, 5.74) is 6.40. The number of carbonyl (C=O) groups excluding carboxylic acids is 1. The fourth-order valence-corrected chi connectivity index (χ4v) is 4.19. The molecule has 2 aromatic rings. The van der Waals surface area contributed by atoms with Crippen molar-refractivity contribution >= 4 is 28.6 Å². The van der Waals surface area contributed by atoms with Crippen LogP contribution in [0.15, 0.2) is 66.0 Å². The van der Waals surface area contributed by atoms with Crippen molar-refractivity contribution in [3.8, 4) is 0 Å². The molecule has 136 valence electrons. The van der Waals surface area contributed by atoms with E-state index in [4.69, 9.17) is 11.6 Å². The van der Waals surface area contributed by atoms with Gasteiger partial charge < -0.3 is 4.90 Å². The molecule has 0 atom stereocenters. The smallest absolute Gasteiger partial charge is 0.211 e. The van der Waals surface area contributed by atoms with Crippen molar-refractivity contribution in [1.82, 2.24) is 4.98 Å². The topological polar surface area (TPSA) is 33.2 Å². The van der Waals surface area contributed by atoms with Crippen LogP contribution in [0.25, 0.3) is 5.57 Å². The summed E-state index contributed by atoms with van der Waals surface area (Å²) < 4.78 is 0. The molecule has 1 aliphatic carbocycles. The van der Waals surface area contributed by atoms with Crippen LogP contribution in [0.3, 0.4) is 0 Å². The number of benzene rings is 1. The number of carbonyl (C=O) groups is 1. The molecular weight excluding hydrogens is 356 g/mol. The normalized spacial score (nSPS) is 20.7. The first-order valence-electron chi connectivity index (χ1n) is 8.95. The van der Waals surface area contributed by atoms with Crippen LogP contribution in [-0.2, 0) is 5.41 Å². The lowest BCUT2D eigenvalue weighted by Crippen LogP contribution is -2.22. The Hall–Kier alpha value is -2.65. The maximum atomic E-state index is 12.8. The number of fused-ring (bicyclic) bond motifs is 2. The highest BCUT2D eigenvalue weighted by atomic mass is 35.5. The van der Waals surface area contributed by atoms with E-state index in [1.54, 1.807) is 6.20 Å². The molecule has 1 aliphatic heterocycles. The van der Waals surface area contributed by atoms with Gasteiger partial charge in [0.2, 0.25) is 5.78 Å². The first-order valence-corrected chi connectivity index (χ1v) is 9.33.